The Kier molecular flexibility index (Phi) is 6.97. The molecule has 0 aliphatic heterocycles. The normalized spacial score (nSPS) is 12.9. The van der Waals surface area contributed by atoms with Crippen LogP contribution >= 0.6 is 0 Å². The van der Waals surface area contributed by atoms with Crippen LogP contribution in [0.3, 0.4) is 0 Å². The fourth-order valence-electron chi connectivity index (χ4n) is 1.78. The van der Waals surface area contributed by atoms with Crippen molar-refractivity contribution in [3.05, 3.63) is 23.7 Å². The quantitative estimate of drug-likeness (QED) is 0.670. The lowest BCUT2D eigenvalue weighted by atomic mass is 10.1. The Balaban J connectivity index is 2.12. The SMILES string of the molecule is CCCCCCC(C)OCc1ccc(CN)o1. The first-order valence-corrected chi connectivity index (χ1v) is 6.65. The highest BCUT2D eigenvalue weighted by Crippen LogP contribution is 2.12. The van der Waals surface area contributed by atoms with E-state index in [1.54, 1.807) is 0 Å². The molecule has 1 aromatic rings. The van der Waals surface area contributed by atoms with E-state index < -0.39 is 0 Å². The van der Waals surface area contributed by atoms with Crippen LogP contribution < -0.4 is 5.73 Å². The molecule has 0 radical (unpaired) electrons. The minimum absolute atomic E-state index is 0.304. The fraction of sp³-hybridized carbons (Fsp3) is 0.714. The molecule has 1 rings (SSSR count). The summed E-state index contributed by atoms with van der Waals surface area (Å²) in [5.74, 6) is 1.69. The van der Waals surface area contributed by atoms with E-state index in [2.05, 4.69) is 13.8 Å². The largest absolute Gasteiger partial charge is 0.462 e. The summed E-state index contributed by atoms with van der Waals surface area (Å²) in [6.07, 6.45) is 6.60. The number of rotatable bonds is 9. The summed E-state index contributed by atoms with van der Waals surface area (Å²) in [4.78, 5) is 0. The molecule has 17 heavy (non-hydrogen) atoms. The van der Waals surface area contributed by atoms with E-state index in [0.29, 0.717) is 19.3 Å². The van der Waals surface area contributed by atoms with Gasteiger partial charge in [0.2, 0.25) is 0 Å². The minimum Gasteiger partial charge on any atom is -0.462 e. The molecular weight excluding hydrogens is 214 g/mol. The van der Waals surface area contributed by atoms with E-state index in [1.165, 1.54) is 25.7 Å². The van der Waals surface area contributed by atoms with Crippen LogP contribution in [0, 0.1) is 0 Å². The number of hydrogen-bond donors (Lipinski definition) is 1. The second-order valence-electron chi connectivity index (χ2n) is 4.54. The second-order valence-corrected chi connectivity index (χ2v) is 4.54. The molecule has 1 unspecified atom stereocenters. The van der Waals surface area contributed by atoms with Gasteiger partial charge in [0.15, 0.2) is 0 Å². The van der Waals surface area contributed by atoms with Gasteiger partial charge in [-0.15, -0.1) is 0 Å². The molecule has 98 valence electrons. The van der Waals surface area contributed by atoms with E-state index in [-0.39, 0.29) is 0 Å². The molecule has 1 aromatic heterocycles. The zero-order valence-electron chi connectivity index (χ0n) is 11.1. The van der Waals surface area contributed by atoms with Gasteiger partial charge in [-0.25, -0.2) is 0 Å². The molecule has 0 saturated heterocycles. The Morgan fingerprint density at radius 1 is 1.24 bits per heavy atom. The van der Waals surface area contributed by atoms with E-state index in [1.807, 2.05) is 12.1 Å². The summed E-state index contributed by atoms with van der Waals surface area (Å²) in [5, 5.41) is 0. The second kappa shape index (κ2) is 8.31. The van der Waals surface area contributed by atoms with Gasteiger partial charge in [-0.3, -0.25) is 0 Å². The van der Waals surface area contributed by atoms with Crippen molar-refractivity contribution in [3.63, 3.8) is 0 Å². The Morgan fingerprint density at radius 2 is 2.00 bits per heavy atom. The van der Waals surface area contributed by atoms with E-state index in [9.17, 15) is 0 Å². The molecule has 0 aliphatic carbocycles. The lowest BCUT2D eigenvalue weighted by Gasteiger charge is -2.11. The van der Waals surface area contributed by atoms with Crippen LogP contribution in [0.2, 0.25) is 0 Å². The van der Waals surface area contributed by atoms with Crippen molar-refractivity contribution < 1.29 is 9.15 Å². The summed E-state index contributed by atoms with van der Waals surface area (Å²) in [5.41, 5.74) is 5.48. The molecule has 0 bridgehead atoms. The number of furan rings is 1. The first-order valence-electron chi connectivity index (χ1n) is 6.65. The molecule has 0 amide bonds. The van der Waals surface area contributed by atoms with Crippen molar-refractivity contribution >= 4 is 0 Å². The summed E-state index contributed by atoms with van der Waals surface area (Å²) in [7, 11) is 0. The molecule has 1 atom stereocenters. The molecule has 0 aliphatic rings. The third-order valence-corrected chi connectivity index (χ3v) is 2.89. The number of hydrogen-bond acceptors (Lipinski definition) is 3. The third kappa shape index (κ3) is 5.89. The first kappa shape index (κ1) is 14.3. The molecule has 3 heteroatoms. The van der Waals surface area contributed by atoms with Crippen molar-refractivity contribution in [1.82, 2.24) is 0 Å². The highest BCUT2D eigenvalue weighted by Gasteiger charge is 2.05. The van der Waals surface area contributed by atoms with Gasteiger partial charge in [0.25, 0.3) is 0 Å². The topological polar surface area (TPSA) is 48.4 Å². The molecule has 3 nitrogen and oxygen atoms in total. The lowest BCUT2D eigenvalue weighted by molar-refractivity contribution is 0.0356. The average Bonchev–Trinajstić information content (AvgIpc) is 2.80. The third-order valence-electron chi connectivity index (χ3n) is 2.89. The van der Waals surface area contributed by atoms with Gasteiger partial charge in [0, 0.05) is 0 Å². The molecule has 1 heterocycles. The predicted octanol–water partition coefficient (Wildman–Crippen LogP) is 3.61. The van der Waals surface area contributed by atoms with Gasteiger partial charge in [-0.1, -0.05) is 32.6 Å². The van der Waals surface area contributed by atoms with Crippen LogP contribution in [0.15, 0.2) is 16.5 Å². The van der Waals surface area contributed by atoms with Gasteiger partial charge >= 0.3 is 0 Å². The zero-order chi connectivity index (χ0) is 12.5. The number of nitrogens with two attached hydrogens (primary N) is 1. The lowest BCUT2D eigenvalue weighted by Crippen LogP contribution is -2.07. The zero-order valence-corrected chi connectivity index (χ0v) is 11.1. The predicted molar refractivity (Wildman–Crippen MR) is 69.6 cm³/mol. The monoisotopic (exact) mass is 239 g/mol. The maximum absolute atomic E-state index is 5.73. The van der Waals surface area contributed by atoms with Gasteiger partial charge in [0.05, 0.1) is 12.6 Å². The standard InChI is InChI=1S/C14H25NO2/c1-3-4-5-6-7-12(2)16-11-14-9-8-13(10-15)17-14/h8-9,12H,3-7,10-11,15H2,1-2H3. The summed E-state index contributed by atoms with van der Waals surface area (Å²) >= 11 is 0. The van der Waals surface area contributed by atoms with Gasteiger partial charge < -0.3 is 14.9 Å². The van der Waals surface area contributed by atoms with Crippen LogP contribution in [0.4, 0.5) is 0 Å². The summed E-state index contributed by atoms with van der Waals surface area (Å²) in [6.45, 7) is 5.35. The van der Waals surface area contributed by atoms with Gasteiger partial charge in [0.1, 0.15) is 18.1 Å². The summed E-state index contributed by atoms with van der Waals surface area (Å²) in [6, 6.07) is 3.84. The Labute approximate surface area is 104 Å². The maximum atomic E-state index is 5.73. The molecular formula is C14H25NO2. The molecule has 0 spiro atoms. The smallest absolute Gasteiger partial charge is 0.129 e. The van der Waals surface area contributed by atoms with Crippen molar-refractivity contribution in [3.8, 4) is 0 Å². The van der Waals surface area contributed by atoms with Crippen molar-refractivity contribution in [2.75, 3.05) is 0 Å². The van der Waals surface area contributed by atoms with Crippen molar-refractivity contribution in [2.24, 2.45) is 5.73 Å². The van der Waals surface area contributed by atoms with Crippen LogP contribution in [-0.4, -0.2) is 6.10 Å². The molecule has 2 N–H and O–H groups in total. The van der Waals surface area contributed by atoms with Crippen LogP contribution in [0.5, 0.6) is 0 Å². The van der Waals surface area contributed by atoms with Gasteiger partial charge in [-0.05, 0) is 25.5 Å². The molecule has 0 fully saturated rings. The van der Waals surface area contributed by atoms with Crippen molar-refractivity contribution in [2.45, 2.75) is 65.2 Å². The minimum atomic E-state index is 0.304. The Morgan fingerprint density at radius 3 is 2.65 bits per heavy atom. The van der Waals surface area contributed by atoms with Crippen molar-refractivity contribution in [1.29, 1.82) is 0 Å². The highest BCUT2D eigenvalue weighted by atomic mass is 16.5. The maximum Gasteiger partial charge on any atom is 0.129 e. The van der Waals surface area contributed by atoms with Crippen LogP contribution in [0.25, 0.3) is 0 Å². The van der Waals surface area contributed by atoms with Gasteiger partial charge in [-0.2, -0.15) is 0 Å². The Hall–Kier alpha value is -0.800. The Bertz CT molecular complexity index is 296. The van der Waals surface area contributed by atoms with Crippen LogP contribution in [-0.2, 0) is 17.9 Å². The van der Waals surface area contributed by atoms with E-state index in [0.717, 1.165) is 17.9 Å². The average molecular weight is 239 g/mol. The highest BCUT2D eigenvalue weighted by molar-refractivity contribution is 5.05. The summed E-state index contributed by atoms with van der Waals surface area (Å²) < 4.78 is 11.2. The first-order chi connectivity index (χ1) is 8.26. The number of unbranched alkanes of at least 4 members (excludes halogenated alkanes) is 3. The molecule has 0 aromatic carbocycles. The van der Waals surface area contributed by atoms with Crippen LogP contribution in [0.1, 0.15) is 57.5 Å². The fourth-order valence-corrected chi connectivity index (χ4v) is 1.78. The van der Waals surface area contributed by atoms with E-state index in [4.69, 9.17) is 14.9 Å². The van der Waals surface area contributed by atoms with E-state index >= 15 is 0 Å². The number of ether oxygens (including phenoxy) is 1. The molecule has 0 saturated carbocycles.